The number of benzene rings is 1. The van der Waals surface area contributed by atoms with Gasteiger partial charge in [0.1, 0.15) is 11.6 Å². The average Bonchev–Trinajstić information content (AvgIpc) is 2.64. The van der Waals surface area contributed by atoms with Gasteiger partial charge in [-0.15, -0.1) is 0 Å². The van der Waals surface area contributed by atoms with Crippen molar-refractivity contribution in [2.75, 3.05) is 0 Å². The zero-order valence-corrected chi connectivity index (χ0v) is 16.9. The molecule has 2 atom stereocenters. The number of hydrogen-bond donors (Lipinski definition) is 2. The van der Waals surface area contributed by atoms with Crippen molar-refractivity contribution in [3.8, 4) is 0 Å². The van der Waals surface area contributed by atoms with Crippen molar-refractivity contribution in [2.24, 2.45) is 11.0 Å². The minimum Gasteiger partial charge on any atom is -0.444 e. The smallest absolute Gasteiger partial charge is 0.408 e. The first-order chi connectivity index (χ1) is 13.2. The lowest BCUT2D eigenvalue weighted by Gasteiger charge is -2.25. The van der Waals surface area contributed by atoms with E-state index in [0.29, 0.717) is 11.9 Å². The number of hydrogen-bond acceptors (Lipinski definition) is 6. The normalized spacial score (nSPS) is 13.9. The van der Waals surface area contributed by atoms with Crippen molar-refractivity contribution < 1.29 is 14.3 Å². The predicted molar refractivity (Wildman–Crippen MR) is 108 cm³/mol. The Bertz CT molecular complexity index is 855. The Morgan fingerprint density at radius 3 is 2.64 bits per heavy atom. The van der Waals surface area contributed by atoms with Crippen LogP contribution in [-0.4, -0.2) is 39.8 Å². The third-order valence-corrected chi connectivity index (χ3v) is 4.08. The van der Waals surface area contributed by atoms with Crippen LogP contribution in [0.2, 0.25) is 0 Å². The van der Waals surface area contributed by atoms with Crippen LogP contribution in [0.3, 0.4) is 0 Å². The van der Waals surface area contributed by atoms with Gasteiger partial charge >= 0.3 is 6.09 Å². The number of nitrogens with one attached hydrogen (secondary N) is 2. The number of rotatable bonds is 6. The molecule has 2 aromatic rings. The number of amides is 2. The highest BCUT2D eigenvalue weighted by atomic mass is 16.6. The van der Waals surface area contributed by atoms with Gasteiger partial charge in [0.25, 0.3) is 5.91 Å². The summed E-state index contributed by atoms with van der Waals surface area (Å²) in [4.78, 5) is 33.2. The van der Waals surface area contributed by atoms with Gasteiger partial charge < -0.3 is 10.1 Å². The van der Waals surface area contributed by atoms with Crippen LogP contribution in [0.5, 0.6) is 0 Å². The molecule has 0 saturated carbocycles. The van der Waals surface area contributed by atoms with E-state index in [4.69, 9.17) is 4.74 Å². The maximum absolute atomic E-state index is 12.6. The number of fused-ring (bicyclic) bond motifs is 1. The van der Waals surface area contributed by atoms with Gasteiger partial charge in [-0.3, -0.25) is 14.8 Å². The molecule has 0 bridgehead atoms. The maximum Gasteiger partial charge on any atom is 0.408 e. The van der Waals surface area contributed by atoms with Crippen molar-refractivity contribution in [3.63, 3.8) is 0 Å². The van der Waals surface area contributed by atoms with Gasteiger partial charge in [0.15, 0.2) is 0 Å². The molecule has 0 radical (unpaired) electrons. The second-order valence-corrected chi connectivity index (χ2v) is 7.51. The van der Waals surface area contributed by atoms with Gasteiger partial charge in [-0.1, -0.05) is 32.4 Å². The van der Waals surface area contributed by atoms with Crippen LogP contribution in [0.1, 0.15) is 46.6 Å². The largest absolute Gasteiger partial charge is 0.444 e. The highest BCUT2D eigenvalue weighted by Gasteiger charge is 2.28. The first kappa shape index (κ1) is 21.3. The molecule has 1 heterocycles. The van der Waals surface area contributed by atoms with E-state index in [-0.39, 0.29) is 5.92 Å². The van der Waals surface area contributed by atoms with E-state index < -0.39 is 23.6 Å². The van der Waals surface area contributed by atoms with E-state index >= 15 is 0 Å². The minimum absolute atomic E-state index is 0.0915. The number of ether oxygens (including phenoxy) is 1. The van der Waals surface area contributed by atoms with Crippen LogP contribution in [-0.2, 0) is 9.53 Å². The Balaban J connectivity index is 2.08. The number of nitrogens with zero attached hydrogens (tertiary/aromatic N) is 3. The molecule has 0 fully saturated rings. The van der Waals surface area contributed by atoms with Crippen molar-refractivity contribution in [3.05, 3.63) is 36.2 Å². The highest BCUT2D eigenvalue weighted by Crippen LogP contribution is 2.13. The quantitative estimate of drug-likeness (QED) is 0.587. The lowest BCUT2D eigenvalue weighted by atomic mass is 9.99. The zero-order valence-electron chi connectivity index (χ0n) is 16.9. The van der Waals surface area contributed by atoms with Crippen LogP contribution < -0.4 is 10.7 Å². The molecule has 1 aromatic carbocycles. The standard InChI is InChI=1S/C20H27N5O3/c1-6-13(2)16(24-19(27)28-20(3,4)5)18(26)25-23-12-14-8-7-9-15-17(14)22-11-10-21-15/h7-13,16H,6H2,1-5H3,(H,24,27)(H,25,26)/b23-12-/t13-,16+/m0/s1. The summed E-state index contributed by atoms with van der Waals surface area (Å²) >= 11 is 0. The first-order valence-corrected chi connectivity index (χ1v) is 9.23. The van der Waals surface area contributed by atoms with Crippen LogP contribution in [0.25, 0.3) is 11.0 Å². The van der Waals surface area contributed by atoms with Gasteiger partial charge in [-0.25, -0.2) is 10.2 Å². The Hall–Kier alpha value is -3.03. The zero-order chi connectivity index (χ0) is 20.7. The highest BCUT2D eigenvalue weighted by molar-refractivity contribution is 5.96. The Kier molecular flexibility index (Phi) is 7.03. The van der Waals surface area contributed by atoms with Crippen molar-refractivity contribution in [1.29, 1.82) is 0 Å². The molecule has 0 aliphatic rings. The molecule has 0 saturated heterocycles. The second-order valence-electron chi connectivity index (χ2n) is 7.51. The molecule has 8 nitrogen and oxygen atoms in total. The molecule has 0 aliphatic heterocycles. The number of aromatic nitrogens is 2. The van der Waals surface area contributed by atoms with E-state index in [1.165, 1.54) is 6.21 Å². The fraction of sp³-hybridized carbons (Fsp3) is 0.450. The second kappa shape index (κ2) is 9.25. The molecule has 150 valence electrons. The summed E-state index contributed by atoms with van der Waals surface area (Å²) in [5.74, 6) is -0.506. The number of hydrazone groups is 1. The topological polar surface area (TPSA) is 106 Å². The van der Waals surface area contributed by atoms with Gasteiger partial charge in [0.05, 0.1) is 17.2 Å². The molecular formula is C20H27N5O3. The van der Waals surface area contributed by atoms with Crippen molar-refractivity contribution >= 4 is 29.2 Å². The first-order valence-electron chi connectivity index (χ1n) is 9.23. The number of alkyl carbamates (subject to hydrolysis) is 1. The molecule has 2 N–H and O–H groups in total. The van der Waals surface area contributed by atoms with E-state index in [1.54, 1.807) is 33.2 Å². The van der Waals surface area contributed by atoms with Gasteiger partial charge in [-0.05, 0) is 32.8 Å². The molecule has 8 heteroatoms. The summed E-state index contributed by atoms with van der Waals surface area (Å²) in [5, 5.41) is 6.66. The van der Waals surface area contributed by atoms with E-state index in [2.05, 4.69) is 25.8 Å². The van der Waals surface area contributed by atoms with Crippen LogP contribution in [0.4, 0.5) is 4.79 Å². The fourth-order valence-electron chi connectivity index (χ4n) is 2.49. The monoisotopic (exact) mass is 385 g/mol. The summed E-state index contributed by atoms with van der Waals surface area (Å²) < 4.78 is 5.25. The summed E-state index contributed by atoms with van der Waals surface area (Å²) in [5.41, 5.74) is 4.00. The Morgan fingerprint density at radius 2 is 1.96 bits per heavy atom. The molecule has 28 heavy (non-hydrogen) atoms. The molecule has 0 aliphatic carbocycles. The van der Waals surface area contributed by atoms with Crippen LogP contribution in [0, 0.1) is 5.92 Å². The fourth-order valence-corrected chi connectivity index (χ4v) is 2.49. The molecule has 0 spiro atoms. The number of carbonyl (C=O) groups excluding carboxylic acids is 2. The molecular weight excluding hydrogens is 358 g/mol. The number of carbonyl (C=O) groups is 2. The maximum atomic E-state index is 12.6. The predicted octanol–water partition coefficient (Wildman–Crippen LogP) is 3.02. The van der Waals surface area contributed by atoms with Crippen molar-refractivity contribution in [2.45, 2.75) is 52.7 Å². The van der Waals surface area contributed by atoms with E-state index in [9.17, 15) is 9.59 Å². The van der Waals surface area contributed by atoms with Crippen LogP contribution in [0.15, 0.2) is 35.7 Å². The summed E-state index contributed by atoms with van der Waals surface area (Å²) in [6, 6.07) is 4.76. The molecule has 0 unspecified atom stereocenters. The third-order valence-electron chi connectivity index (χ3n) is 4.08. The average molecular weight is 385 g/mol. The van der Waals surface area contributed by atoms with Gasteiger partial charge in [0, 0.05) is 18.0 Å². The summed E-state index contributed by atoms with van der Waals surface area (Å²) in [7, 11) is 0. The lowest BCUT2D eigenvalue weighted by molar-refractivity contribution is -0.124. The third kappa shape index (κ3) is 6.00. The molecule has 2 amide bonds. The van der Waals surface area contributed by atoms with E-state index in [0.717, 1.165) is 11.1 Å². The Morgan fingerprint density at radius 1 is 1.25 bits per heavy atom. The summed E-state index contributed by atoms with van der Waals surface area (Å²) in [6.07, 6.45) is 4.79. The van der Waals surface area contributed by atoms with Crippen molar-refractivity contribution in [1.82, 2.24) is 20.7 Å². The molecule has 1 aromatic heterocycles. The molecule has 2 rings (SSSR count). The van der Waals surface area contributed by atoms with Gasteiger partial charge in [0.2, 0.25) is 0 Å². The SMILES string of the molecule is CC[C@H](C)[C@@H](NC(=O)OC(C)(C)C)C(=O)N/N=C\c1cccc2nccnc12. The van der Waals surface area contributed by atoms with Crippen LogP contribution >= 0.6 is 0 Å². The van der Waals surface area contributed by atoms with E-state index in [1.807, 2.05) is 32.0 Å². The lowest BCUT2D eigenvalue weighted by Crippen LogP contribution is -2.50. The Labute approximate surface area is 164 Å². The summed E-state index contributed by atoms with van der Waals surface area (Å²) in [6.45, 7) is 9.12. The van der Waals surface area contributed by atoms with Gasteiger partial charge in [-0.2, -0.15) is 5.10 Å². The number of para-hydroxylation sites is 1. The minimum atomic E-state index is -0.760.